The average Bonchev–Trinajstić information content (AvgIpc) is 2.95. The molecule has 0 aliphatic rings. The summed E-state index contributed by atoms with van der Waals surface area (Å²) >= 11 is 1.55. The molecule has 0 aliphatic heterocycles. The van der Waals surface area contributed by atoms with Crippen LogP contribution in [-0.4, -0.2) is 17.2 Å². The van der Waals surface area contributed by atoms with E-state index >= 15 is 0 Å². The lowest BCUT2D eigenvalue weighted by molar-refractivity contribution is 0.285. The molecule has 0 saturated heterocycles. The van der Waals surface area contributed by atoms with E-state index in [2.05, 4.69) is 35.3 Å². The fraction of sp³-hybridized carbons (Fsp3) is 0.188. The van der Waals surface area contributed by atoms with Gasteiger partial charge in [0.05, 0.1) is 23.6 Å². The van der Waals surface area contributed by atoms with Crippen molar-refractivity contribution in [2.75, 3.05) is 7.11 Å². The quantitative estimate of drug-likeness (QED) is 0.799. The zero-order valence-electron chi connectivity index (χ0n) is 11.2. The van der Waals surface area contributed by atoms with Crippen molar-refractivity contribution in [1.29, 1.82) is 0 Å². The lowest BCUT2D eigenvalue weighted by Gasteiger charge is -2.07. The third-order valence-electron chi connectivity index (χ3n) is 3.28. The monoisotopic (exact) mass is 285 g/mol. The Bertz CT molecular complexity index is 736. The molecule has 4 heteroatoms. The minimum absolute atomic E-state index is 0.0566. The Morgan fingerprint density at radius 3 is 2.90 bits per heavy atom. The lowest BCUT2D eigenvalue weighted by Crippen LogP contribution is -1.90. The first-order valence-corrected chi connectivity index (χ1v) is 7.22. The summed E-state index contributed by atoms with van der Waals surface area (Å²) in [7, 11) is 1.68. The second-order valence-electron chi connectivity index (χ2n) is 4.56. The van der Waals surface area contributed by atoms with Gasteiger partial charge in [0.1, 0.15) is 5.75 Å². The van der Waals surface area contributed by atoms with Crippen molar-refractivity contribution in [2.45, 2.75) is 13.0 Å². The minimum atomic E-state index is 0.0566. The Kier molecular flexibility index (Phi) is 3.67. The molecule has 102 valence electrons. The van der Waals surface area contributed by atoms with Crippen molar-refractivity contribution < 1.29 is 9.84 Å². The van der Waals surface area contributed by atoms with Gasteiger partial charge in [-0.05, 0) is 28.5 Å². The number of fused-ring (bicyclic) bond motifs is 1. The molecule has 0 atom stereocenters. The zero-order chi connectivity index (χ0) is 13.9. The van der Waals surface area contributed by atoms with Crippen LogP contribution < -0.4 is 4.74 Å². The molecule has 0 unspecified atom stereocenters. The van der Waals surface area contributed by atoms with Gasteiger partial charge in [-0.15, -0.1) is 11.3 Å². The number of benzene rings is 2. The highest BCUT2D eigenvalue weighted by Crippen LogP contribution is 2.26. The van der Waals surface area contributed by atoms with Crippen LogP contribution in [-0.2, 0) is 13.0 Å². The molecule has 0 radical (unpaired) electrons. The molecule has 3 nitrogen and oxygen atoms in total. The van der Waals surface area contributed by atoms with E-state index in [0.29, 0.717) is 0 Å². The summed E-state index contributed by atoms with van der Waals surface area (Å²) in [5.74, 6) is 0.861. The fourth-order valence-electron chi connectivity index (χ4n) is 2.26. The smallest absolute Gasteiger partial charge is 0.119 e. The van der Waals surface area contributed by atoms with E-state index in [1.807, 2.05) is 6.07 Å². The van der Waals surface area contributed by atoms with Gasteiger partial charge in [0.25, 0.3) is 0 Å². The molecule has 1 heterocycles. The van der Waals surface area contributed by atoms with Gasteiger partial charge in [-0.1, -0.05) is 24.3 Å². The summed E-state index contributed by atoms with van der Waals surface area (Å²) in [5.41, 5.74) is 1.22. The summed E-state index contributed by atoms with van der Waals surface area (Å²) in [6.07, 6.45) is 2.51. The lowest BCUT2D eigenvalue weighted by atomic mass is 10.0. The summed E-state index contributed by atoms with van der Waals surface area (Å²) in [6, 6.07) is 12.4. The molecule has 1 aromatic heterocycles. The van der Waals surface area contributed by atoms with E-state index in [4.69, 9.17) is 9.84 Å². The SMILES string of the molecule is COc1ccc2cccc(Cc3ncc(CO)s3)c2c1. The number of aromatic nitrogens is 1. The number of rotatable bonds is 4. The highest BCUT2D eigenvalue weighted by atomic mass is 32.1. The van der Waals surface area contributed by atoms with E-state index in [-0.39, 0.29) is 6.61 Å². The molecule has 0 amide bonds. The molecule has 0 bridgehead atoms. The van der Waals surface area contributed by atoms with Crippen LogP contribution in [0.25, 0.3) is 10.8 Å². The second kappa shape index (κ2) is 5.61. The molecule has 1 N–H and O–H groups in total. The van der Waals surface area contributed by atoms with Crippen LogP contribution in [0.2, 0.25) is 0 Å². The topological polar surface area (TPSA) is 42.4 Å². The average molecular weight is 285 g/mol. The van der Waals surface area contributed by atoms with Gasteiger partial charge in [-0.2, -0.15) is 0 Å². The van der Waals surface area contributed by atoms with E-state index in [0.717, 1.165) is 22.1 Å². The number of methoxy groups -OCH3 is 1. The van der Waals surface area contributed by atoms with Crippen molar-refractivity contribution >= 4 is 22.1 Å². The Balaban J connectivity index is 2.01. The van der Waals surface area contributed by atoms with Gasteiger partial charge in [0.2, 0.25) is 0 Å². The number of nitrogens with zero attached hydrogens (tertiary/aromatic N) is 1. The number of ether oxygens (including phenoxy) is 1. The first-order chi connectivity index (χ1) is 9.80. The van der Waals surface area contributed by atoms with Gasteiger partial charge in [0, 0.05) is 12.6 Å². The van der Waals surface area contributed by atoms with Crippen LogP contribution >= 0.6 is 11.3 Å². The van der Waals surface area contributed by atoms with Crippen LogP contribution in [0, 0.1) is 0 Å². The fourth-order valence-corrected chi connectivity index (χ4v) is 3.07. The third kappa shape index (κ3) is 2.53. The van der Waals surface area contributed by atoms with Crippen LogP contribution in [0.3, 0.4) is 0 Å². The van der Waals surface area contributed by atoms with Crippen LogP contribution in [0.15, 0.2) is 42.6 Å². The van der Waals surface area contributed by atoms with Crippen molar-refractivity contribution in [3.8, 4) is 5.75 Å². The van der Waals surface area contributed by atoms with Gasteiger partial charge in [-0.25, -0.2) is 4.98 Å². The van der Waals surface area contributed by atoms with Gasteiger partial charge in [0.15, 0.2) is 0 Å². The first-order valence-electron chi connectivity index (χ1n) is 6.40. The molecule has 0 aliphatic carbocycles. The van der Waals surface area contributed by atoms with Crippen molar-refractivity contribution in [3.63, 3.8) is 0 Å². The first kappa shape index (κ1) is 13.1. The van der Waals surface area contributed by atoms with Crippen molar-refractivity contribution in [1.82, 2.24) is 4.98 Å². The summed E-state index contributed by atoms with van der Waals surface area (Å²) < 4.78 is 5.30. The molecular weight excluding hydrogens is 270 g/mol. The van der Waals surface area contributed by atoms with Crippen molar-refractivity contribution in [2.24, 2.45) is 0 Å². The van der Waals surface area contributed by atoms with Gasteiger partial charge >= 0.3 is 0 Å². The number of hydrogen-bond acceptors (Lipinski definition) is 4. The molecule has 2 aromatic carbocycles. The molecule has 0 fully saturated rings. The standard InChI is InChI=1S/C16H15NO2S/c1-19-13-6-5-11-3-2-4-12(15(11)8-13)7-16-17-9-14(10-18)20-16/h2-6,8-9,18H,7,10H2,1H3. The molecule has 0 spiro atoms. The Labute approximate surface area is 121 Å². The van der Waals surface area contributed by atoms with Gasteiger partial charge in [-0.3, -0.25) is 0 Å². The normalized spacial score (nSPS) is 10.9. The zero-order valence-corrected chi connectivity index (χ0v) is 12.0. The summed E-state index contributed by atoms with van der Waals surface area (Å²) in [4.78, 5) is 5.26. The van der Waals surface area contributed by atoms with E-state index in [1.165, 1.54) is 16.3 Å². The number of hydrogen-bond donors (Lipinski definition) is 1. The highest BCUT2D eigenvalue weighted by molar-refractivity contribution is 7.11. The van der Waals surface area contributed by atoms with Crippen LogP contribution in [0.5, 0.6) is 5.75 Å². The highest BCUT2D eigenvalue weighted by Gasteiger charge is 2.07. The van der Waals surface area contributed by atoms with E-state index in [1.54, 1.807) is 24.6 Å². The summed E-state index contributed by atoms with van der Waals surface area (Å²) in [5, 5.41) is 12.5. The molecule has 0 saturated carbocycles. The summed E-state index contributed by atoms with van der Waals surface area (Å²) in [6.45, 7) is 0.0566. The number of thiazole rings is 1. The van der Waals surface area contributed by atoms with E-state index < -0.39 is 0 Å². The maximum Gasteiger partial charge on any atom is 0.119 e. The second-order valence-corrected chi connectivity index (χ2v) is 5.76. The molecular formula is C16H15NO2S. The van der Waals surface area contributed by atoms with Crippen LogP contribution in [0.4, 0.5) is 0 Å². The Morgan fingerprint density at radius 1 is 1.25 bits per heavy atom. The maximum atomic E-state index is 9.11. The third-order valence-corrected chi connectivity index (χ3v) is 4.26. The van der Waals surface area contributed by atoms with Crippen molar-refractivity contribution in [3.05, 3.63) is 58.0 Å². The van der Waals surface area contributed by atoms with E-state index in [9.17, 15) is 0 Å². The molecule has 3 rings (SSSR count). The maximum absolute atomic E-state index is 9.11. The predicted octanol–water partition coefficient (Wildman–Crippen LogP) is 3.39. The molecule has 3 aromatic rings. The largest absolute Gasteiger partial charge is 0.497 e. The Hall–Kier alpha value is -1.91. The Morgan fingerprint density at radius 2 is 2.15 bits per heavy atom. The van der Waals surface area contributed by atoms with Crippen LogP contribution in [0.1, 0.15) is 15.4 Å². The minimum Gasteiger partial charge on any atom is -0.497 e. The number of aliphatic hydroxyl groups is 1. The number of aliphatic hydroxyl groups excluding tert-OH is 1. The van der Waals surface area contributed by atoms with Gasteiger partial charge < -0.3 is 9.84 Å². The molecule has 20 heavy (non-hydrogen) atoms. The predicted molar refractivity (Wildman–Crippen MR) is 81.3 cm³/mol.